The van der Waals surface area contributed by atoms with E-state index in [4.69, 9.17) is 9.47 Å². The smallest absolute Gasteiger partial charge is 0.356 e. The minimum atomic E-state index is -0.385. The molecule has 0 saturated carbocycles. The monoisotopic (exact) mass is 358 g/mol. The Bertz CT molecular complexity index is 772. The van der Waals surface area contributed by atoms with Gasteiger partial charge in [-0.05, 0) is 26.0 Å². The van der Waals surface area contributed by atoms with Crippen LogP contribution in [-0.4, -0.2) is 60.5 Å². The third kappa shape index (κ3) is 3.53. The lowest BCUT2D eigenvalue weighted by Crippen LogP contribution is -2.59. The highest BCUT2D eigenvalue weighted by Gasteiger charge is 2.35. The fourth-order valence-corrected chi connectivity index (χ4v) is 3.64. The Labute approximate surface area is 153 Å². The summed E-state index contributed by atoms with van der Waals surface area (Å²) in [5.41, 5.74) is 2.32. The summed E-state index contributed by atoms with van der Waals surface area (Å²) < 4.78 is 10.4. The first-order chi connectivity index (χ1) is 12.5. The molecule has 140 valence electrons. The highest BCUT2D eigenvalue weighted by Crippen LogP contribution is 2.35. The molecule has 1 saturated heterocycles. The maximum Gasteiger partial charge on any atom is 0.356 e. The quantitative estimate of drug-likeness (QED) is 0.827. The van der Waals surface area contributed by atoms with Crippen molar-refractivity contribution in [3.63, 3.8) is 0 Å². The first-order valence-corrected chi connectivity index (χ1v) is 8.70. The number of anilines is 1. The largest absolute Gasteiger partial charge is 0.495 e. The molecule has 1 aromatic carbocycles. The molecule has 1 aliphatic rings. The van der Waals surface area contributed by atoms with E-state index in [-0.39, 0.29) is 11.5 Å². The fraction of sp³-hybridized carbons (Fsp3) is 0.474. The Hall–Kier alpha value is -2.54. The number of aromatic amines is 1. The van der Waals surface area contributed by atoms with Crippen LogP contribution in [0.5, 0.6) is 5.75 Å². The third-order valence-corrected chi connectivity index (χ3v) is 4.86. The second-order valence-corrected chi connectivity index (χ2v) is 7.11. The number of H-pyrrole nitrogens is 1. The highest BCUT2D eigenvalue weighted by molar-refractivity contribution is 5.88. The molecule has 7 nitrogen and oxygen atoms in total. The number of rotatable bonds is 5. The topological polar surface area (TPSA) is 70.7 Å². The van der Waals surface area contributed by atoms with Crippen molar-refractivity contribution in [2.24, 2.45) is 0 Å². The van der Waals surface area contributed by atoms with Gasteiger partial charge in [-0.2, -0.15) is 5.10 Å². The lowest BCUT2D eigenvalue weighted by Gasteiger charge is -2.48. The number of hydrogen-bond donors (Lipinski definition) is 1. The van der Waals surface area contributed by atoms with Crippen LogP contribution in [0.4, 0.5) is 5.69 Å². The Balaban J connectivity index is 1.75. The van der Waals surface area contributed by atoms with Gasteiger partial charge in [0.25, 0.3) is 0 Å². The molecule has 7 heteroatoms. The molecule has 0 bridgehead atoms. The number of carbonyl (C=O) groups excluding carboxylic acids is 1. The molecule has 0 radical (unpaired) electrons. The number of carbonyl (C=O) groups is 1. The maximum atomic E-state index is 11.8. The van der Waals surface area contributed by atoms with Crippen molar-refractivity contribution in [3.8, 4) is 5.75 Å². The van der Waals surface area contributed by atoms with E-state index in [0.29, 0.717) is 12.2 Å². The van der Waals surface area contributed by atoms with Gasteiger partial charge < -0.3 is 14.4 Å². The lowest BCUT2D eigenvalue weighted by molar-refractivity contribution is 0.0591. The van der Waals surface area contributed by atoms with Crippen molar-refractivity contribution in [1.29, 1.82) is 0 Å². The molecule has 1 N–H and O–H groups in total. The lowest BCUT2D eigenvalue weighted by atomic mass is 9.97. The molecule has 26 heavy (non-hydrogen) atoms. The number of piperazine rings is 1. The summed E-state index contributed by atoms with van der Waals surface area (Å²) in [6, 6.07) is 8.11. The van der Waals surface area contributed by atoms with Gasteiger partial charge in [0.2, 0.25) is 0 Å². The number of ether oxygens (including phenoxy) is 2. The zero-order valence-electron chi connectivity index (χ0n) is 15.8. The molecule has 0 unspecified atom stereocenters. The number of aromatic nitrogens is 2. The Kier molecular flexibility index (Phi) is 5.18. The molecule has 1 aromatic heterocycles. The third-order valence-electron chi connectivity index (χ3n) is 4.86. The second-order valence-electron chi connectivity index (χ2n) is 7.11. The van der Waals surface area contributed by atoms with Crippen LogP contribution < -0.4 is 9.64 Å². The minimum Gasteiger partial charge on any atom is -0.495 e. The Morgan fingerprint density at radius 3 is 2.73 bits per heavy atom. The summed E-state index contributed by atoms with van der Waals surface area (Å²) in [7, 11) is 3.08. The van der Waals surface area contributed by atoms with Crippen molar-refractivity contribution in [3.05, 3.63) is 41.7 Å². The van der Waals surface area contributed by atoms with Gasteiger partial charge in [0, 0.05) is 37.3 Å². The summed E-state index contributed by atoms with van der Waals surface area (Å²) in [5.74, 6) is 0.501. The van der Waals surface area contributed by atoms with Gasteiger partial charge in [-0.3, -0.25) is 10.00 Å². The average molecular weight is 358 g/mol. The number of hydrogen-bond acceptors (Lipinski definition) is 6. The van der Waals surface area contributed by atoms with Crippen LogP contribution in [0.2, 0.25) is 0 Å². The number of nitrogens with zero attached hydrogens (tertiary/aromatic N) is 3. The average Bonchev–Trinajstić information content (AvgIpc) is 3.08. The first-order valence-electron chi connectivity index (χ1n) is 8.70. The van der Waals surface area contributed by atoms with Crippen molar-refractivity contribution in [1.82, 2.24) is 15.1 Å². The van der Waals surface area contributed by atoms with Crippen LogP contribution in [0.25, 0.3) is 0 Å². The van der Waals surface area contributed by atoms with Crippen LogP contribution in [0, 0.1) is 0 Å². The van der Waals surface area contributed by atoms with E-state index in [1.54, 1.807) is 13.3 Å². The predicted octanol–water partition coefficient (Wildman–Crippen LogP) is 2.31. The summed E-state index contributed by atoms with van der Waals surface area (Å²) in [5, 5.41) is 6.74. The second kappa shape index (κ2) is 7.37. The van der Waals surface area contributed by atoms with Crippen LogP contribution in [0.15, 0.2) is 30.5 Å². The number of methoxy groups -OCH3 is 2. The van der Waals surface area contributed by atoms with Crippen LogP contribution in [0.1, 0.15) is 29.9 Å². The molecule has 1 fully saturated rings. The zero-order valence-corrected chi connectivity index (χ0v) is 15.8. The molecule has 0 spiro atoms. The molecule has 2 heterocycles. The standard InChI is InChI=1S/C19H26N4O3/c1-19(2)13-22(12-14-11-20-21-17(14)18(24)26-4)9-10-23(19)15-7-5-6-8-16(15)25-3/h5-8,11H,9-10,12-13H2,1-4H3,(H,20,21). The van der Waals surface area contributed by atoms with Crippen LogP contribution in [0.3, 0.4) is 0 Å². The number of benzene rings is 1. The number of esters is 1. The van der Waals surface area contributed by atoms with Crippen molar-refractivity contribution >= 4 is 11.7 Å². The van der Waals surface area contributed by atoms with E-state index in [0.717, 1.165) is 36.6 Å². The van der Waals surface area contributed by atoms with E-state index in [1.165, 1.54) is 7.11 Å². The molecule has 0 atom stereocenters. The van der Waals surface area contributed by atoms with Crippen LogP contribution in [-0.2, 0) is 11.3 Å². The van der Waals surface area contributed by atoms with Crippen molar-refractivity contribution in [2.45, 2.75) is 25.9 Å². The van der Waals surface area contributed by atoms with Gasteiger partial charge >= 0.3 is 5.97 Å². The van der Waals surface area contributed by atoms with Gasteiger partial charge in [-0.25, -0.2) is 4.79 Å². The fourth-order valence-electron chi connectivity index (χ4n) is 3.64. The molecule has 3 rings (SSSR count). The summed E-state index contributed by atoms with van der Waals surface area (Å²) in [6.45, 7) is 7.72. The van der Waals surface area contributed by atoms with E-state index in [9.17, 15) is 4.79 Å². The molecular formula is C19H26N4O3. The SMILES string of the molecule is COC(=O)c1[nH]ncc1CN1CCN(c2ccccc2OC)C(C)(C)C1. The summed E-state index contributed by atoms with van der Waals surface area (Å²) in [6.07, 6.45) is 1.70. The molecule has 0 amide bonds. The van der Waals surface area contributed by atoms with E-state index < -0.39 is 0 Å². The van der Waals surface area contributed by atoms with E-state index in [2.05, 4.69) is 39.9 Å². The van der Waals surface area contributed by atoms with E-state index in [1.807, 2.05) is 18.2 Å². The van der Waals surface area contributed by atoms with Crippen molar-refractivity contribution < 1.29 is 14.3 Å². The number of para-hydroxylation sites is 2. The Morgan fingerprint density at radius 1 is 1.27 bits per heavy atom. The summed E-state index contributed by atoms with van der Waals surface area (Å²) in [4.78, 5) is 16.6. The maximum absolute atomic E-state index is 11.8. The first kappa shape index (κ1) is 18.3. The normalized spacial score (nSPS) is 17.2. The number of nitrogens with one attached hydrogen (secondary N) is 1. The van der Waals surface area contributed by atoms with Gasteiger partial charge in [-0.15, -0.1) is 0 Å². The Morgan fingerprint density at radius 2 is 2.04 bits per heavy atom. The van der Waals surface area contributed by atoms with Gasteiger partial charge in [0.05, 0.1) is 26.1 Å². The summed E-state index contributed by atoms with van der Waals surface area (Å²) >= 11 is 0. The zero-order chi connectivity index (χ0) is 18.7. The highest BCUT2D eigenvalue weighted by atomic mass is 16.5. The molecule has 1 aliphatic heterocycles. The predicted molar refractivity (Wildman–Crippen MR) is 99.6 cm³/mol. The van der Waals surface area contributed by atoms with E-state index >= 15 is 0 Å². The molecule has 2 aromatic rings. The van der Waals surface area contributed by atoms with Gasteiger partial charge in [0.15, 0.2) is 0 Å². The van der Waals surface area contributed by atoms with Crippen LogP contribution >= 0.6 is 0 Å². The minimum absolute atomic E-state index is 0.0813. The molecule has 0 aliphatic carbocycles. The van der Waals surface area contributed by atoms with Gasteiger partial charge in [-0.1, -0.05) is 12.1 Å². The van der Waals surface area contributed by atoms with Gasteiger partial charge in [0.1, 0.15) is 11.4 Å². The van der Waals surface area contributed by atoms with Crippen molar-refractivity contribution in [2.75, 3.05) is 38.8 Å². The molecular weight excluding hydrogens is 332 g/mol.